The fourth-order valence-corrected chi connectivity index (χ4v) is 2.22. The molecule has 0 atom stereocenters. The molecule has 0 saturated carbocycles. The van der Waals surface area contributed by atoms with Crippen molar-refractivity contribution in [3.63, 3.8) is 0 Å². The van der Waals surface area contributed by atoms with Gasteiger partial charge in [0.25, 0.3) is 0 Å². The van der Waals surface area contributed by atoms with Crippen molar-refractivity contribution in [2.75, 3.05) is 14.1 Å². The molecule has 4 heteroatoms. The first-order valence-electron chi connectivity index (χ1n) is 7.53. The SMILES string of the molecule is CN(C)/C=C/N1C=C(c2ccccc2)N=C(c2ccccc2)N1. The first kappa shape index (κ1) is 14.9. The molecule has 23 heavy (non-hydrogen) atoms. The Morgan fingerprint density at radius 2 is 1.52 bits per heavy atom. The van der Waals surface area contributed by atoms with Crippen LogP contribution in [0.3, 0.4) is 0 Å². The van der Waals surface area contributed by atoms with Crippen molar-refractivity contribution in [3.05, 3.63) is 90.4 Å². The van der Waals surface area contributed by atoms with E-state index in [2.05, 4.69) is 17.6 Å². The van der Waals surface area contributed by atoms with Gasteiger partial charge < -0.3 is 4.90 Å². The average Bonchev–Trinajstić information content (AvgIpc) is 2.61. The molecule has 2 aromatic carbocycles. The second kappa shape index (κ2) is 6.83. The van der Waals surface area contributed by atoms with Gasteiger partial charge >= 0.3 is 0 Å². The van der Waals surface area contributed by atoms with Crippen LogP contribution >= 0.6 is 0 Å². The summed E-state index contributed by atoms with van der Waals surface area (Å²) in [6.45, 7) is 0. The van der Waals surface area contributed by atoms with Crippen molar-refractivity contribution in [2.45, 2.75) is 0 Å². The summed E-state index contributed by atoms with van der Waals surface area (Å²) in [4.78, 5) is 6.77. The Labute approximate surface area is 137 Å². The molecule has 3 rings (SSSR count). The Balaban J connectivity index is 1.98. The molecule has 1 N–H and O–H groups in total. The molecule has 0 saturated heterocycles. The van der Waals surface area contributed by atoms with Crippen LogP contribution in [0.25, 0.3) is 5.70 Å². The van der Waals surface area contributed by atoms with E-state index < -0.39 is 0 Å². The van der Waals surface area contributed by atoms with E-state index in [1.54, 1.807) is 0 Å². The minimum atomic E-state index is 0.829. The van der Waals surface area contributed by atoms with Crippen molar-refractivity contribution in [1.82, 2.24) is 15.3 Å². The fraction of sp³-hybridized carbons (Fsp3) is 0.105. The summed E-state index contributed by atoms with van der Waals surface area (Å²) >= 11 is 0. The number of hydrogen-bond acceptors (Lipinski definition) is 4. The van der Waals surface area contributed by atoms with Crippen LogP contribution in [-0.4, -0.2) is 29.8 Å². The Morgan fingerprint density at radius 3 is 2.13 bits per heavy atom. The summed E-state index contributed by atoms with van der Waals surface area (Å²) in [5, 5.41) is 1.93. The van der Waals surface area contributed by atoms with E-state index >= 15 is 0 Å². The normalized spacial score (nSPS) is 14.3. The predicted molar refractivity (Wildman–Crippen MR) is 95.2 cm³/mol. The molecule has 0 bridgehead atoms. The summed E-state index contributed by atoms with van der Waals surface area (Å²) in [5.41, 5.74) is 6.38. The molecular formula is C19H20N4. The summed E-state index contributed by atoms with van der Waals surface area (Å²) < 4.78 is 0. The zero-order chi connectivity index (χ0) is 16.1. The number of nitrogens with zero attached hydrogens (tertiary/aromatic N) is 3. The van der Waals surface area contributed by atoms with Crippen molar-refractivity contribution < 1.29 is 0 Å². The van der Waals surface area contributed by atoms with E-state index in [1.807, 2.05) is 91.1 Å². The first-order valence-corrected chi connectivity index (χ1v) is 7.53. The maximum atomic E-state index is 4.78. The Kier molecular flexibility index (Phi) is 4.43. The molecule has 0 spiro atoms. The molecule has 4 nitrogen and oxygen atoms in total. The summed E-state index contributed by atoms with van der Waals surface area (Å²) in [5.74, 6) is 0.829. The minimum absolute atomic E-state index is 0.829. The highest BCUT2D eigenvalue weighted by Crippen LogP contribution is 2.20. The van der Waals surface area contributed by atoms with E-state index in [0.29, 0.717) is 0 Å². The van der Waals surface area contributed by atoms with Crippen LogP contribution in [-0.2, 0) is 0 Å². The first-order chi connectivity index (χ1) is 11.2. The highest BCUT2D eigenvalue weighted by Gasteiger charge is 2.14. The molecule has 1 aliphatic heterocycles. The maximum Gasteiger partial charge on any atom is 0.152 e. The van der Waals surface area contributed by atoms with Gasteiger partial charge in [-0.3, -0.25) is 10.4 Å². The lowest BCUT2D eigenvalue weighted by Crippen LogP contribution is -2.38. The molecule has 0 fully saturated rings. The third-order valence-corrected chi connectivity index (χ3v) is 3.37. The van der Waals surface area contributed by atoms with Gasteiger partial charge in [0, 0.05) is 37.6 Å². The minimum Gasteiger partial charge on any atom is -0.382 e. The van der Waals surface area contributed by atoms with Gasteiger partial charge in [-0.1, -0.05) is 60.7 Å². The number of hydrazine groups is 1. The second-order valence-corrected chi connectivity index (χ2v) is 5.49. The Bertz CT molecular complexity index is 730. The van der Waals surface area contributed by atoms with Gasteiger partial charge in [-0.15, -0.1) is 0 Å². The van der Waals surface area contributed by atoms with Gasteiger partial charge in [0.15, 0.2) is 5.84 Å². The molecule has 0 unspecified atom stereocenters. The highest BCUT2D eigenvalue weighted by atomic mass is 15.5. The van der Waals surface area contributed by atoms with Gasteiger partial charge in [0.05, 0.1) is 11.9 Å². The lowest BCUT2D eigenvalue weighted by Gasteiger charge is -2.25. The molecule has 1 aliphatic rings. The van der Waals surface area contributed by atoms with E-state index in [0.717, 1.165) is 22.7 Å². The third kappa shape index (κ3) is 3.80. The van der Waals surface area contributed by atoms with E-state index in [1.165, 1.54) is 0 Å². The summed E-state index contributed by atoms with van der Waals surface area (Å²) in [7, 11) is 3.99. The Hall–Kier alpha value is -3.01. The van der Waals surface area contributed by atoms with Crippen LogP contribution in [0.2, 0.25) is 0 Å². The second-order valence-electron chi connectivity index (χ2n) is 5.49. The topological polar surface area (TPSA) is 30.9 Å². The van der Waals surface area contributed by atoms with Crippen molar-refractivity contribution in [1.29, 1.82) is 0 Å². The van der Waals surface area contributed by atoms with Gasteiger partial charge in [-0.05, 0) is 0 Å². The fourth-order valence-electron chi connectivity index (χ4n) is 2.22. The summed E-state index contributed by atoms with van der Waals surface area (Å²) in [6, 6.07) is 20.3. The van der Waals surface area contributed by atoms with Gasteiger partial charge in [0.1, 0.15) is 0 Å². The lowest BCUT2D eigenvalue weighted by molar-refractivity contribution is 0.436. The number of nitrogens with one attached hydrogen (secondary N) is 1. The van der Waals surface area contributed by atoms with Crippen LogP contribution < -0.4 is 5.43 Å². The van der Waals surface area contributed by atoms with Crippen LogP contribution in [0, 0.1) is 0 Å². The van der Waals surface area contributed by atoms with Crippen LogP contribution in [0.1, 0.15) is 11.1 Å². The van der Waals surface area contributed by atoms with E-state index in [4.69, 9.17) is 4.99 Å². The van der Waals surface area contributed by atoms with Gasteiger partial charge in [-0.25, -0.2) is 4.99 Å². The summed E-state index contributed by atoms with van der Waals surface area (Å²) in [6.07, 6.45) is 5.95. The van der Waals surface area contributed by atoms with Crippen molar-refractivity contribution in [2.24, 2.45) is 4.99 Å². The van der Waals surface area contributed by atoms with Crippen LogP contribution in [0.5, 0.6) is 0 Å². The van der Waals surface area contributed by atoms with E-state index in [-0.39, 0.29) is 0 Å². The van der Waals surface area contributed by atoms with Gasteiger partial charge in [0.2, 0.25) is 0 Å². The van der Waals surface area contributed by atoms with Crippen molar-refractivity contribution in [3.8, 4) is 0 Å². The predicted octanol–water partition coefficient (Wildman–Crippen LogP) is 3.28. The monoisotopic (exact) mass is 304 g/mol. The molecule has 116 valence electrons. The zero-order valence-corrected chi connectivity index (χ0v) is 13.3. The molecule has 0 aromatic heterocycles. The maximum absolute atomic E-state index is 4.78. The largest absolute Gasteiger partial charge is 0.382 e. The number of aliphatic imine (C=N–C) groups is 1. The average molecular weight is 304 g/mol. The number of amidine groups is 1. The third-order valence-electron chi connectivity index (χ3n) is 3.37. The van der Waals surface area contributed by atoms with Crippen LogP contribution in [0.4, 0.5) is 0 Å². The number of hydrogen-bond donors (Lipinski definition) is 1. The molecule has 1 heterocycles. The molecule has 2 aromatic rings. The van der Waals surface area contributed by atoms with E-state index in [9.17, 15) is 0 Å². The van der Waals surface area contributed by atoms with Gasteiger partial charge in [-0.2, -0.15) is 0 Å². The quantitative estimate of drug-likeness (QED) is 0.940. The smallest absolute Gasteiger partial charge is 0.152 e. The number of rotatable bonds is 4. The molecule has 0 amide bonds. The number of benzene rings is 2. The Morgan fingerprint density at radius 1 is 0.913 bits per heavy atom. The van der Waals surface area contributed by atoms with Crippen LogP contribution in [0.15, 0.2) is 84.3 Å². The highest BCUT2D eigenvalue weighted by molar-refractivity contribution is 6.02. The van der Waals surface area contributed by atoms with Crippen molar-refractivity contribution >= 4 is 11.5 Å². The molecular weight excluding hydrogens is 284 g/mol. The molecule has 0 radical (unpaired) electrons. The standard InChI is InChI=1S/C19H20N4/c1-22(2)13-14-23-15-18(16-9-5-3-6-10-16)20-19(21-23)17-11-7-4-8-12-17/h3-15H,1-2H3,(H,20,21)/b14-13+. The lowest BCUT2D eigenvalue weighted by atomic mass is 10.1. The molecule has 0 aliphatic carbocycles. The zero-order valence-electron chi connectivity index (χ0n) is 13.3.